The molecule has 0 aliphatic carbocycles. The molecule has 0 aliphatic heterocycles. The number of carbonyl (C=O) groups is 1. The summed E-state index contributed by atoms with van der Waals surface area (Å²) in [6.07, 6.45) is 1.65. The van der Waals surface area contributed by atoms with Crippen LogP contribution in [0.5, 0.6) is 0 Å². The van der Waals surface area contributed by atoms with Crippen LogP contribution < -0.4 is 27.2 Å². The van der Waals surface area contributed by atoms with Crippen LogP contribution in [-0.2, 0) is 19.6 Å². The molecule has 37 heavy (non-hydrogen) atoms. The van der Waals surface area contributed by atoms with Gasteiger partial charge in [0.1, 0.15) is 11.5 Å². The van der Waals surface area contributed by atoms with Crippen LogP contribution in [-0.4, -0.2) is 15.5 Å². The quantitative estimate of drug-likeness (QED) is 0.301. The zero-order valence-corrected chi connectivity index (χ0v) is 20.8. The average molecular weight is 498 g/mol. The molecule has 0 bridgehead atoms. The Bertz CT molecular complexity index is 1450. The molecule has 1 amide bonds. The predicted molar refractivity (Wildman–Crippen MR) is 148 cm³/mol. The maximum absolute atomic E-state index is 13.0. The van der Waals surface area contributed by atoms with E-state index in [-0.39, 0.29) is 17.4 Å². The van der Waals surface area contributed by atoms with Crippen molar-refractivity contribution in [1.82, 2.24) is 9.55 Å². The lowest BCUT2D eigenvalue weighted by Gasteiger charge is -2.26. The van der Waals surface area contributed by atoms with Gasteiger partial charge in [0.25, 0.3) is 11.5 Å². The highest BCUT2D eigenvalue weighted by Crippen LogP contribution is 2.23. The van der Waals surface area contributed by atoms with Crippen molar-refractivity contribution in [3.63, 3.8) is 0 Å². The SMILES string of the molecule is CCCCn1c(N)c(N(Cc2ccccc2)Cc2ccc(C(=O)Nc3ccccc3)cc2)c(=O)[nH]c1=O. The first-order valence-electron chi connectivity index (χ1n) is 12.3. The van der Waals surface area contributed by atoms with E-state index in [9.17, 15) is 14.4 Å². The van der Waals surface area contributed by atoms with Crippen molar-refractivity contribution >= 4 is 23.1 Å². The summed E-state index contributed by atoms with van der Waals surface area (Å²) >= 11 is 0. The monoisotopic (exact) mass is 497 g/mol. The van der Waals surface area contributed by atoms with Gasteiger partial charge in [-0.05, 0) is 41.8 Å². The summed E-state index contributed by atoms with van der Waals surface area (Å²) in [6.45, 7) is 3.22. The van der Waals surface area contributed by atoms with E-state index < -0.39 is 11.2 Å². The van der Waals surface area contributed by atoms with E-state index in [0.29, 0.717) is 25.2 Å². The van der Waals surface area contributed by atoms with Gasteiger partial charge >= 0.3 is 5.69 Å². The van der Waals surface area contributed by atoms with Crippen LogP contribution >= 0.6 is 0 Å². The van der Waals surface area contributed by atoms with E-state index in [0.717, 1.165) is 29.7 Å². The molecule has 0 atom stereocenters. The molecule has 0 spiro atoms. The van der Waals surface area contributed by atoms with Gasteiger partial charge in [-0.2, -0.15) is 0 Å². The lowest BCUT2D eigenvalue weighted by molar-refractivity contribution is 0.102. The van der Waals surface area contributed by atoms with Crippen LogP contribution in [0.4, 0.5) is 17.2 Å². The first-order valence-corrected chi connectivity index (χ1v) is 12.3. The average Bonchev–Trinajstić information content (AvgIpc) is 2.90. The van der Waals surface area contributed by atoms with E-state index in [1.165, 1.54) is 4.57 Å². The van der Waals surface area contributed by atoms with Crippen LogP contribution in [0.15, 0.2) is 94.5 Å². The van der Waals surface area contributed by atoms with Gasteiger partial charge in [-0.15, -0.1) is 0 Å². The normalized spacial score (nSPS) is 10.7. The number of amides is 1. The van der Waals surface area contributed by atoms with Gasteiger partial charge in [0.05, 0.1) is 0 Å². The number of nitrogens with one attached hydrogen (secondary N) is 2. The van der Waals surface area contributed by atoms with Crippen molar-refractivity contribution < 1.29 is 4.79 Å². The number of unbranched alkanes of at least 4 members (excludes halogenated alkanes) is 1. The first kappa shape index (κ1) is 25.5. The Balaban J connectivity index is 1.63. The second-order valence-corrected chi connectivity index (χ2v) is 8.86. The van der Waals surface area contributed by atoms with Crippen molar-refractivity contribution in [1.29, 1.82) is 0 Å². The summed E-state index contributed by atoms with van der Waals surface area (Å²) < 4.78 is 1.43. The molecule has 0 radical (unpaired) electrons. The van der Waals surface area contributed by atoms with Gasteiger partial charge in [0, 0.05) is 30.9 Å². The molecular weight excluding hydrogens is 466 g/mol. The Morgan fingerprint density at radius 2 is 1.49 bits per heavy atom. The summed E-state index contributed by atoms with van der Waals surface area (Å²) in [7, 11) is 0. The number of hydrogen-bond acceptors (Lipinski definition) is 5. The largest absolute Gasteiger partial charge is 0.383 e. The molecule has 1 aromatic heterocycles. The Morgan fingerprint density at radius 1 is 0.892 bits per heavy atom. The topological polar surface area (TPSA) is 113 Å². The molecule has 190 valence electrons. The first-order chi connectivity index (χ1) is 18.0. The molecule has 0 aliphatic rings. The fraction of sp³-hybridized carbons (Fsp3) is 0.207. The lowest BCUT2D eigenvalue weighted by Crippen LogP contribution is -2.38. The summed E-state index contributed by atoms with van der Waals surface area (Å²) in [6, 6.07) is 26.2. The van der Waals surface area contributed by atoms with Gasteiger partial charge in [0.15, 0.2) is 0 Å². The number of rotatable bonds is 10. The molecule has 0 unspecified atom stereocenters. The molecule has 4 rings (SSSR count). The van der Waals surface area contributed by atoms with Gasteiger partial charge < -0.3 is 16.0 Å². The van der Waals surface area contributed by atoms with Gasteiger partial charge in [-0.25, -0.2) is 4.79 Å². The van der Waals surface area contributed by atoms with Crippen LogP contribution in [0.2, 0.25) is 0 Å². The van der Waals surface area contributed by atoms with E-state index in [4.69, 9.17) is 5.73 Å². The maximum atomic E-state index is 13.0. The smallest absolute Gasteiger partial charge is 0.330 e. The highest BCUT2D eigenvalue weighted by atomic mass is 16.2. The second-order valence-electron chi connectivity index (χ2n) is 8.86. The van der Waals surface area contributed by atoms with Crippen molar-refractivity contribution in [2.24, 2.45) is 0 Å². The highest BCUT2D eigenvalue weighted by molar-refractivity contribution is 6.04. The minimum Gasteiger partial charge on any atom is -0.383 e. The van der Waals surface area contributed by atoms with E-state index >= 15 is 0 Å². The molecule has 0 saturated heterocycles. The summed E-state index contributed by atoms with van der Waals surface area (Å²) in [4.78, 5) is 42.4. The summed E-state index contributed by atoms with van der Waals surface area (Å²) in [5.74, 6) is -0.0560. The van der Waals surface area contributed by atoms with Crippen molar-refractivity contribution in [2.75, 3.05) is 16.0 Å². The molecule has 4 N–H and O–H groups in total. The molecule has 8 heteroatoms. The second kappa shape index (κ2) is 11.9. The Morgan fingerprint density at radius 3 is 2.11 bits per heavy atom. The number of benzene rings is 3. The molecule has 1 heterocycles. The number of carbonyl (C=O) groups excluding carboxylic acids is 1. The fourth-order valence-corrected chi connectivity index (χ4v) is 4.15. The summed E-state index contributed by atoms with van der Waals surface area (Å²) in [5.41, 5.74) is 8.77. The number of aromatic nitrogens is 2. The molecule has 4 aromatic rings. The van der Waals surface area contributed by atoms with E-state index in [1.54, 1.807) is 12.1 Å². The minimum atomic E-state index is -0.523. The number of aromatic amines is 1. The Hall–Kier alpha value is -4.59. The summed E-state index contributed by atoms with van der Waals surface area (Å²) in [5, 5.41) is 2.88. The standard InChI is InChI=1S/C29H31N5O3/c1-2-3-18-34-26(30)25(28(36)32-29(34)37)33(19-21-10-6-4-7-11-21)20-22-14-16-23(17-15-22)27(35)31-24-12-8-5-9-13-24/h4-17H,2-3,18-20,30H2,1H3,(H,31,35)(H,32,36,37). The zero-order chi connectivity index (χ0) is 26.2. The number of hydrogen-bond donors (Lipinski definition) is 3. The van der Waals surface area contributed by atoms with Crippen molar-refractivity contribution in [3.05, 3.63) is 122 Å². The fourth-order valence-electron chi connectivity index (χ4n) is 4.15. The third-order valence-electron chi connectivity index (χ3n) is 6.10. The van der Waals surface area contributed by atoms with Crippen LogP contribution in [0.1, 0.15) is 41.3 Å². The van der Waals surface area contributed by atoms with Gasteiger partial charge in [-0.1, -0.05) is 74.0 Å². The molecular formula is C29H31N5O3. The third kappa shape index (κ3) is 6.35. The number of nitrogen functional groups attached to an aromatic ring is 1. The number of H-pyrrole nitrogens is 1. The van der Waals surface area contributed by atoms with Crippen molar-refractivity contribution in [2.45, 2.75) is 39.4 Å². The van der Waals surface area contributed by atoms with Gasteiger partial charge in [0.2, 0.25) is 0 Å². The predicted octanol–water partition coefficient (Wildman–Crippen LogP) is 4.38. The van der Waals surface area contributed by atoms with E-state index in [1.807, 2.05) is 84.6 Å². The number of nitrogens with zero attached hydrogens (tertiary/aromatic N) is 2. The highest BCUT2D eigenvalue weighted by Gasteiger charge is 2.20. The van der Waals surface area contributed by atoms with Crippen LogP contribution in [0, 0.1) is 0 Å². The molecule has 0 fully saturated rings. The molecule has 0 saturated carbocycles. The van der Waals surface area contributed by atoms with Crippen LogP contribution in [0.3, 0.4) is 0 Å². The molecule has 8 nitrogen and oxygen atoms in total. The third-order valence-corrected chi connectivity index (χ3v) is 6.10. The lowest BCUT2D eigenvalue weighted by atomic mass is 10.1. The maximum Gasteiger partial charge on any atom is 0.330 e. The van der Waals surface area contributed by atoms with Crippen molar-refractivity contribution in [3.8, 4) is 0 Å². The Labute approximate surface area is 215 Å². The number of nitrogens with two attached hydrogens (primary N) is 1. The number of anilines is 3. The molecule has 3 aromatic carbocycles. The van der Waals surface area contributed by atoms with Crippen LogP contribution in [0.25, 0.3) is 0 Å². The number of para-hydroxylation sites is 1. The minimum absolute atomic E-state index is 0.150. The van der Waals surface area contributed by atoms with E-state index in [2.05, 4.69) is 10.3 Å². The zero-order valence-electron chi connectivity index (χ0n) is 20.8. The Kier molecular flexibility index (Phi) is 8.20. The van der Waals surface area contributed by atoms with Gasteiger partial charge in [-0.3, -0.25) is 19.1 Å².